The molecule has 32 heavy (non-hydrogen) atoms. The summed E-state index contributed by atoms with van der Waals surface area (Å²) in [5, 5.41) is 14.9. The number of halogens is 1. The highest BCUT2D eigenvalue weighted by atomic mass is 35.5. The fraction of sp³-hybridized carbons (Fsp3) is 0.478. The predicted octanol–water partition coefficient (Wildman–Crippen LogP) is 3.71. The van der Waals surface area contributed by atoms with E-state index in [2.05, 4.69) is 5.32 Å². The Hall–Kier alpha value is -2.71. The molecular weight excluding hydrogens is 434 g/mol. The summed E-state index contributed by atoms with van der Waals surface area (Å²) in [5.41, 5.74) is 2.45. The van der Waals surface area contributed by atoms with Crippen LogP contribution in [0, 0.1) is 15.5 Å². The molecule has 0 spiro atoms. The summed E-state index contributed by atoms with van der Waals surface area (Å²) in [5.74, 6) is -0.933. The first kappa shape index (κ1) is 22.5. The number of hydrogen-bond acceptors (Lipinski definition) is 6. The van der Waals surface area contributed by atoms with Crippen LogP contribution in [0.2, 0.25) is 5.02 Å². The molecule has 2 heterocycles. The molecule has 1 aromatic carbocycles. The van der Waals surface area contributed by atoms with Crippen molar-refractivity contribution in [2.24, 2.45) is 5.41 Å². The lowest BCUT2D eigenvalue weighted by molar-refractivity contribution is -0.384. The van der Waals surface area contributed by atoms with E-state index in [0.29, 0.717) is 61.6 Å². The smallest absolute Gasteiger partial charge is 0.288 e. The van der Waals surface area contributed by atoms with Crippen LogP contribution in [-0.4, -0.2) is 47.8 Å². The van der Waals surface area contributed by atoms with Crippen molar-refractivity contribution in [2.45, 2.75) is 39.5 Å². The third-order valence-corrected chi connectivity index (χ3v) is 6.59. The third kappa shape index (κ3) is 4.04. The minimum Gasteiger partial charge on any atom is -0.378 e. The Morgan fingerprint density at radius 2 is 1.97 bits per heavy atom. The predicted molar refractivity (Wildman–Crippen MR) is 119 cm³/mol. The average Bonchev–Trinajstić information content (AvgIpc) is 2.72. The quantitative estimate of drug-likeness (QED) is 0.546. The van der Waals surface area contributed by atoms with Crippen LogP contribution in [0.1, 0.15) is 45.1 Å². The number of rotatable bonds is 3. The SMILES string of the molecule is CC1=C(C(=O)N2CCOCC2)[C@H](c2ccc(Cl)c([N+](=O)[O-])c2)C2=C(CC(C)(C)CC2=O)N1. The molecule has 170 valence electrons. The average molecular weight is 460 g/mol. The molecule has 1 aromatic rings. The lowest BCUT2D eigenvalue weighted by Crippen LogP contribution is -2.45. The van der Waals surface area contributed by atoms with Crippen molar-refractivity contribution in [3.63, 3.8) is 0 Å². The van der Waals surface area contributed by atoms with E-state index in [1.54, 1.807) is 11.0 Å². The van der Waals surface area contributed by atoms with Gasteiger partial charge in [-0.3, -0.25) is 19.7 Å². The molecule has 0 bridgehead atoms. The number of hydrogen-bond donors (Lipinski definition) is 1. The Balaban J connectivity index is 1.88. The van der Waals surface area contributed by atoms with Crippen molar-refractivity contribution in [3.05, 3.63) is 61.4 Å². The minimum atomic E-state index is -0.693. The summed E-state index contributed by atoms with van der Waals surface area (Å²) < 4.78 is 5.38. The van der Waals surface area contributed by atoms with Crippen LogP contribution in [0.15, 0.2) is 40.7 Å². The van der Waals surface area contributed by atoms with Gasteiger partial charge in [-0.05, 0) is 30.4 Å². The molecule has 1 saturated heterocycles. The number of nitro groups is 1. The first-order valence-electron chi connectivity index (χ1n) is 10.6. The Labute approximate surface area is 191 Å². The maximum Gasteiger partial charge on any atom is 0.288 e. The van der Waals surface area contributed by atoms with E-state index >= 15 is 0 Å². The highest BCUT2D eigenvalue weighted by Gasteiger charge is 2.44. The summed E-state index contributed by atoms with van der Waals surface area (Å²) in [7, 11) is 0. The number of allylic oxidation sites excluding steroid dienone is 3. The van der Waals surface area contributed by atoms with Gasteiger partial charge < -0.3 is 15.0 Å². The summed E-state index contributed by atoms with van der Waals surface area (Å²) in [4.78, 5) is 39.7. The van der Waals surface area contributed by atoms with Crippen LogP contribution in [0.5, 0.6) is 0 Å². The fourth-order valence-corrected chi connectivity index (χ4v) is 5.03. The van der Waals surface area contributed by atoms with Gasteiger partial charge >= 0.3 is 0 Å². The van der Waals surface area contributed by atoms with E-state index in [9.17, 15) is 19.7 Å². The number of ether oxygens (including phenoxy) is 1. The van der Waals surface area contributed by atoms with E-state index in [4.69, 9.17) is 16.3 Å². The van der Waals surface area contributed by atoms with Crippen LogP contribution < -0.4 is 5.32 Å². The summed E-state index contributed by atoms with van der Waals surface area (Å²) in [6.45, 7) is 7.69. The zero-order chi connectivity index (χ0) is 23.2. The van der Waals surface area contributed by atoms with Crippen molar-refractivity contribution in [1.29, 1.82) is 0 Å². The summed E-state index contributed by atoms with van der Waals surface area (Å²) >= 11 is 6.05. The molecule has 0 aromatic heterocycles. The van der Waals surface area contributed by atoms with Gasteiger partial charge in [0.2, 0.25) is 0 Å². The van der Waals surface area contributed by atoms with Crippen LogP contribution >= 0.6 is 11.6 Å². The molecule has 2 aliphatic heterocycles. The Bertz CT molecular complexity index is 1070. The first-order chi connectivity index (χ1) is 15.1. The molecule has 1 N–H and O–H groups in total. The maximum absolute atomic E-state index is 13.6. The largest absolute Gasteiger partial charge is 0.378 e. The zero-order valence-electron chi connectivity index (χ0n) is 18.4. The molecule has 0 radical (unpaired) electrons. The van der Waals surface area contributed by atoms with Gasteiger partial charge in [-0.15, -0.1) is 0 Å². The van der Waals surface area contributed by atoms with Crippen LogP contribution in [0.25, 0.3) is 0 Å². The number of nitro benzene ring substituents is 1. The van der Waals surface area contributed by atoms with E-state index in [0.717, 1.165) is 5.70 Å². The lowest BCUT2D eigenvalue weighted by atomic mass is 9.68. The normalized spacial score (nSPS) is 23.1. The second kappa shape index (κ2) is 8.33. The number of amides is 1. The van der Waals surface area contributed by atoms with E-state index < -0.39 is 10.8 Å². The molecule has 8 nitrogen and oxygen atoms in total. The number of nitrogens with zero attached hydrogens (tertiary/aromatic N) is 2. The van der Waals surface area contributed by atoms with Crippen molar-refractivity contribution >= 4 is 29.0 Å². The highest BCUT2D eigenvalue weighted by Crippen LogP contribution is 2.47. The monoisotopic (exact) mass is 459 g/mol. The third-order valence-electron chi connectivity index (χ3n) is 6.27. The molecule has 0 saturated carbocycles. The van der Waals surface area contributed by atoms with Crippen molar-refractivity contribution in [3.8, 4) is 0 Å². The number of carbonyl (C=O) groups is 2. The maximum atomic E-state index is 13.6. The number of benzene rings is 1. The molecule has 1 amide bonds. The van der Waals surface area contributed by atoms with Gasteiger partial charge in [0, 0.05) is 54.0 Å². The molecule has 1 fully saturated rings. The van der Waals surface area contributed by atoms with Crippen molar-refractivity contribution in [2.75, 3.05) is 26.3 Å². The standard InChI is InChI=1S/C23H26ClN3O5/c1-13-19(22(29)26-6-8-32-9-7-26)20(14-4-5-15(24)17(10-14)27(30)31)21-16(25-13)11-23(2,3)12-18(21)28/h4-5,10,20,25H,6-9,11-12H2,1-3H3/t20-/m0/s1. The van der Waals surface area contributed by atoms with E-state index in [-0.39, 0.29) is 27.8 Å². The van der Waals surface area contributed by atoms with Crippen LogP contribution in [0.3, 0.4) is 0 Å². The van der Waals surface area contributed by atoms with Gasteiger partial charge in [-0.2, -0.15) is 0 Å². The molecule has 1 atom stereocenters. The van der Waals surface area contributed by atoms with Crippen LogP contribution in [-0.2, 0) is 14.3 Å². The summed E-state index contributed by atoms with van der Waals surface area (Å²) in [6.07, 6.45) is 0.994. The number of carbonyl (C=O) groups excluding carboxylic acids is 2. The number of Topliss-reactive ketones (excluding diaryl/α,β-unsaturated/α-hetero) is 1. The Morgan fingerprint density at radius 3 is 2.62 bits per heavy atom. The number of nitrogens with one attached hydrogen (secondary N) is 1. The van der Waals surface area contributed by atoms with Crippen LogP contribution in [0.4, 0.5) is 5.69 Å². The Morgan fingerprint density at radius 1 is 1.28 bits per heavy atom. The zero-order valence-corrected chi connectivity index (χ0v) is 19.1. The topological polar surface area (TPSA) is 102 Å². The van der Waals surface area contributed by atoms with Gasteiger partial charge in [-0.1, -0.05) is 31.5 Å². The minimum absolute atomic E-state index is 0.0137. The van der Waals surface area contributed by atoms with Gasteiger partial charge in [-0.25, -0.2) is 0 Å². The fourth-order valence-electron chi connectivity index (χ4n) is 4.84. The van der Waals surface area contributed by atoms with Gasteiger partial charge in [0.05, 0.1) is 18.1 Å². The first-order valence-corrected chi connectivity index (χ1v) is 11.0. The van der Waals surface area contributed by atoms with E-state index in [1.807, 2.05) is 20.8 Å². The van der Waals surface area contributed by atoms with E-state index in [1.165, 1.54) is 12.1 Å². The summed E-state index contributed by atoms with van der Waals surface area (Å²) in [6, 6.07) is 4.51. The van der Waals surface area contributed by atoms with Crippen molar-refractivity contribution in [1.82, 2.24) is 10.2 Å². The number of ketones is 1. The second-order valence-corrected chi connectivity index (χ2v) is 9.71. The lowest BCUT2D eigenvalue weighted by Gasteiger charge is -2.41. The van der Waals surface area contributed by atoms with Gasteiger partial charge in [0.15, 0.2) is 5.78 Å². The second-order valence-electron chi connectivity index (χ2n) is 9.30. The molecule has 0 unspecified atom stereocenters. The molecule has 3 aliphatic rings. The molecule has 4 rings (SSSR count). The van der Waals surface area contributed by atoms with Crippen molar-refractivity contribution < 1.29 is 19.2 Å². The number of morpholine rings is 1. The molecule has 1 aliphatic carbocycles. The highest BCUT2D eigenvalue weighted by molar-refractivity contribution is 6.32. The number of dihydropyridines is 1. The van der Waals surface area contributed by atoms with Gasteiger partial charge in [0.25, 0.3) is 11.6 Å². The van der Waals surface area contributed by atoms with Gasteiger partial charge in [0.1, 0.15) is 5.02 Å². The molecular formula is C23H26ClN3O5. The Kier molecular flexibility index (Phi) is 5.85. The molecule has 9 heteroatoms.